The lowest BCUT2D eigenvalue weighted by molar-refractivity contribution is 0.0953. The van der Waals surface area contributed by atoms with E-state index in [9.17, 15) is 9.18 Å². The first-order chi connectivity index (χ1) is 13.6. The summed E-state index contributed by atoms with van der Waals surface area (Å²) in [5.74, 6) is 0.430. The van der Waals surface area contributed by atoms with Gasteiger partial charge in [-0.15, -0.1) is 24.0 Å². The van der Waals surface area contributed by atoms with Crippen LogP contribution in [-0.4, -0.2) is 31.5 Å². The Labute approximate surface area is 189 Å². The van der Waals surface area contributed by atoms with Crippen molar-refractivity contribution >= 4 is 35.8 Å². The van der Waals surface area contributed by atoms with Crippen LogP contribution < -0.4 is 16.0 Å². The van der Waals surface area contributed by atoms with Crippen LogP contribution in [0.1, 0.15) is 41.8 Å². The van der Waals surface area contributed by atoms with E-state index in [0.717, 1.165) is 30.5 Å². The summed E-state index contributed by atoms with van der Waals surface area (Å²) in [5, 5.41) is 9.38. The summed E-state index contributed by atoms with van der Waals surface area (Å²) in [4.78, 5) is 16.7. The number of halogens is 2. The Hall–Kier alpha value is -2.16. The number of hydrogen-bond acceptors (Lipinski definition) is 2. The molecule has 0 aliphatic rings. The molecule has 1 amide bonds. The SMILES string of the molecule is CCCNC(=O)c1cccc(CN=C(NCC)NCCc2ccc(F)cc2)c1.I. The first-order valence-corrected chi connectivity index (χ1v) is 9.76. The number of aliphatic imine (C=N–C) groups is 1. The summed E-state index contributed by atoms with van der Waals surface area (Å²) >= 11 is 0. The van der Waals surface area contributed by atoms with Crippen LogP contribution in [0.3, 0.4) is 0 Å². The average molecular weight is 512 g/mol. The minimum atomic E-state index is -0.225. The highest BCUT2D eigenvalue weighted by atomic mass is 127. The van der Waals surface area contributed by atoms with Crippen LogP contribution in [0, 0.1) is 5.82 Å². The summed E-state index contributed by atoms with van der Waals surface area (Å²) in [6.07, 6.45) is 1.68. The topological polar surface area (TPSA) is 65.5 Å². The second kappa shape index (κ2) is 13.9. The van der Waals surface area contributed by atoms with E-state index in [4.69, 9.17) is 0 Å². The van der Waals surface area contributed by atoms with Crippen LogP contribution in [0.2, 0.25) is 0 Å². The van der Waals surface area contributed by atoms with Gasteiger partial charge in [0, 0.05) is 25.2 Å². The molecule has 158 valence electrons. The molecule has 0 saturated heterocycles. The summed E-state index contributed by atoms with van der Waals surface area (Å²) in [6.45, 7) is 6.62. The largest absolute Gasteiger partial charge is 0.357 e. The zero-order chi connectivity index (χ0) is 20.2. The number of carbonyl (C=O) groups excluding carboxylic acids is 1. The molecule has 0 unspecified atom stereocenters. The fourth-order valence-corrected chi connectivity index (χ4v) is 2.64. The second-order valence-electron chi connectivity index (χ2n) is 6.45. The quantitative estimate of drug-likeness (QED) is 0.272. The minimum absolute atomic E-state index is 0. The van der Waals surface area contributed by atoms with Gasteiger partial charge in [0.2, 0.25) is 0 Å². The Balaban J connectivity index is 0.00000420. The molecule has 7 heteroatoms. The van der Waals surface area contributed by atoms with Gasteiger partial charge < -0.3 is 16.0 Å². The lowest BCUT2D eigenvalue weighted by Crippen LogP contribution is -2.38. The highest BCUT2D eigenvalue weighted by Gasteiger charge is 2.05. The molecule has 0 spiro atoms. The lowest BCUT2D eigenvalue weighted by atomic mass is 10.1. The molecule has 2 aromatic rings. The molecule has 0 aliphatic heterocycles. The zero-order valence-electron chi connectivity index (χ0n) is 17.0. The maximum absolute atomic E-state index is 13.0. The van der Waals surface area contributed by atoms with E-state index in [1.54, 1.807) is 12.1 Å². The van der Waals surface area contributed by atoms with E-state index in [0.29, 0.717) is 31.2 Å². The maximum Gasteiger partial charge on any atom is 0.251 e. The predicted octanol–water partition coefficient (Wildman–Crippen LogP) is 3.88. The summed E-state index contributed by atoms with van der Waals surface area (Å²) < 4.78 is 13.0. The van der Waals surface area contributed by atoms with Crippen molar-refractivity contribution in [2.75, 3.05) is 19.6 Å². The minimum Gasteiger partial charge on any atom is -0.357 e. The Bertz CT molecular complexity index is 781. The molecule has 0 aliphatic carbocycles. The third-order valence-electron chi connectivity index (χ3n) is 4.11. The van der Waals surface area contributed by atoms with E-state index in [2.05, 4.69) is 20.9 Å². The Morgan fingerprint density at radius 1 is 0.966 bits per heavy atom. The van der Waals surface area contributed by atoms with Gasteiger partial charge in [-0.3, -0.25) is 4.79 Å². The number of amides is 1. The van der Waals surface area contributed by atoms with E-state index in [1.165, 1.54) is 12.1 Å². The fraction of sp³-hybridized carbons (Fsp3) is 0.364. The molecule has 0 atom stereocenters. The molecule has 2 aromatic carbocycles. The number of nitrogens with zero attached hydrogens (tertiary/aromatic N) is 1. The molecular weight excluding hydrogens is 482 g/mol. The molecule has 0 heterocycles. The number of carbonyl (C=O) groups is 1. The first-order valence-electron chi connectivity index (χ1n) is 9.76. The van der Waals surface area contributed by atoms with Gasteiger partial charge in [-0.05, 0) is 55.2 Å². The summed E-state index contributed by atoms with van der Waals surface area (Å²) in [7, 11) is 0. The van der Waals surface area contributed by atoms with Crippen molar-refractivity contribution in [3.8, 4) is 0 Å². The normalized spacial score (nSPS) is 10.8. The fourth-order valence-electron chi connectivity index (χ4n) is 2.64. The molecule has 0 aromatic heterocycles. The van der Waals surface area contributed by atoms with Crippen molar-refractivity contribution in [2.45, 2.75) is 33.2 Å². The van der Waals surface area contributed by atoms with E-state index < -0.39 is 0 Å². The van der Waals surface area contributed by atoms with Crippen LogP contribution in [0.25, 0.3) is 0 Å². The molecule has 0 bridgehead atoms. The number of hydrogen-bond donors (Lipinski definition) is 3. The van der Waals surface area contributed by atoms with E-state index in [-0.39, 0.29) is 35.7 Å². The number of guanidine groups is 1. The van der Waals surface area contributed by atoms with Gasteiger partial charge in [0.1, 0.15) is 5.82 Å². The van der Waals surface area contributed by atoms with Gasteiger partial charge in [0.25, 0.3) is 5.91 Å². The maximum atomic E-state index is 13.0. The zero-order valence-corrected chi connectivity index (χ0v) is 19.3. The van der Waals surface area contributed by atoms with Crippen LogP contribution in [0.4, 0.5) is 4.39 Å². The van der Waals surface area contributed by atoms with Crippen molar-refractivity contribution in [1.82, 2.24) is 16.0 Å². The molecule has 2 rings (SSSR count). The van der Waals surface area contributed by atoms with Crippen LogP contribution in [0.15, 0.2) is 53.5 Å². The number of rotatable bonds is 9. The Kier molecular flexibility index (Phi) is 11.9. The highest BCUT2D eigenvalue weighted by molar-refractivity contribution is 14.0. The standard InChI is InChI=1S/C22H29FN4O.HI/c1-3-13-25-21(28)19-7-5-6-18(15-19)16-27-22(24-4-2)26-14-12-17-8-10-20(23)11-9-17;/h5-11,15H,3-4,12-14,16H2,1-2H3,(H,25,28)(H2,24,26,27);1H. The van der Waals surface area contributed by atoms with Gasteiger partial charge in [-0.1, -0.05) is 31.2 Å². The lowest BCUT2D eigenvalue weighted by Gasteiger charge is -2.11. The number of nitrogens with one attached hydrogen (secondary N) is 3. The predicted molar refractivity (Wildman–Crippen MR) is 127 cm³/mol. The van der Waals surface area contributed by atoms with Gasteiger partial charge in [-0.2, -0.15) is 0 Å². The second-order valence-corrected chi connectivity index (χ2v) is 6.45. The highest BCUT2D eigenvalue weighted by Crippen LogP contribution is 2.07. The van der Waals surface area contributed by atoms with Crippen LogP contribution in [0.5, 0.6) is 0 Å². The van der Waals surface area contributed by atoms with Gasteiger partial charge >= 0.3 is 0 Å². The third kappa shape index (κ3) is 9.25. The van der Waals surface area contributed by atoms with Crippen molar-refractivity contribution in [3.05, 3.63) is 71.0 Å². The smallest absolute Gasteiger partial charge is 0.251 e. The van der Waals surface area contributed by atoms with E-state index >= 15 is 0 Å². The molecule has 3 N–H and O–H groups in total. The summed E-state index contributed by atoms with van der Waals surface area (Å²) in [5.41, 5.74) is 2.69. The molecular formula is C22H30FIN4O. The molecule has 29 heavy (non-hydrogen) atoms. The Morgan fingerprint density at radius 2 is 1.72 bits per heavy atom. The Morgan fingerprint density at radius 3 is 2.41 bits per heavy atom. The van der Waals surface area contributed by atoms with Gasteiger partial charge in [0.15, 0.2) is 5.96 Å². The van der Waals surface area contributed by atoms with Crippen molar-refractivity contribution in [3.63, 3.8) is 0 Å². The van der Waals surface area contributed by atoms with Crippen molar-refractivity contribution < 1.29 is 9.18 Å². The van der Waals surface area contributed by atoms with Crippen LogP contribution >= 0.6 is 24.0 Å². The van der Waals surface area contributed by atoms with E-state index in [1.807, 2.05) is 38.1 Å². The monoisotopic (exact) mass is 512 g/mol. The molecule has 5 nitrogen and oxygen atoms in total. The molecule has 0 saturated carbocycles. The van der Waals surface area contributed by atoms with Crippen molar-refractivity contribution in [1.29, 1.82) is 0 Å². The van der Waals surface area contributed by atoms with Gasteiger partial charge in [0.05, 0.1) is 6.54 Å². The molecule has 0 fully saturated rings. The van der Waals surface area contributed by atoms with Gasteiger partial charge in [-0.25, -0.2) is 9.38 Å². The first kappa shape index (κ1) is 24.9. The summed E-state index contributed by atoms with van der Waals surface area (Å²) in [6, 6.07) is 14.0. The third-order valence-corrected chi connectivity index (χ3v) is 4.11. The average Bonchev–Trinajstić information content (AvgIpc) is 2.72. The van der Waals surface area contributed by atoms with Crippen LogP contribution in [-0.2, 0) is 13.0 Å². The van der Waals surface area contributed by atoms with Crippen molar-refractivity contribution in [2.24, 2.45) is 4.99 Å². The number of benzene rings is 2. The molecule has 0 radical (unpaired) electrons.